The first-order chi connectivity index (χ1) is 17.9. The average molecular weight is 528 g/mol. The fourth-order valence-corrected chi connectivity index (χ4v) is 6.58. The summed E-state index contributed by atoms with van der Waals surface area (Å²) in [6.07, 6.45) is 5.12. The summed E-state index contributed by atoms with van der Waals surface area (Å²) in [5.41, 5.74) is 9.62. The van der Waals surface area contributed by atoms with E-state index in [1.807, 2.05) is 6.07 Å². The molecule has 0 aliphatic heterocycles. The van der Waals surface area contributed by atoms with E-state index >= 15 is 0 Å². The molecule has 4 rings (SSSR count). The fourth-order valence-electron chi connectivity index (χ4n) is 6.58. The Hall–Kier alpha value is -3.21. The number of aliphatic hydroxyl groups is 3. The maximum Gasteiger partial charge on any atom is 0.255 e. The Morgan fingerprint density at radius 3 is 2.39 bits per heavy atom. The first-order valence-electron chi connectivity index (χ1n) is 13.1. The van der Waals surface area contributed by atoms with Crippen LogP contribution in [0, 0.1) is 11.8 Å². The molecule has 10 nitrogen and oxygen atoms in total. The minimum Gasteiger partial charge on any atom is -0.510 e. The van der Waals surface area contributed by atoms with Gasteiger partial charge in [-0.05, 0) is 56.8 Å². The lowest BCUT2D eigenvalue weighted by Gasteiger charge is -2.50. The van der Waals surface area contributed by atoms with Crippen molar-refractivity contribution >= 4 is 17.5 Å². The van der Waals surface area contributed by atoms with E-state index in [-0.39, 0.29) is 36.3 Å². The number of primary amides is 1. The second-order valence-electron chi connectivity index (χ2n) is 10.9. The maximum atomic E-state index is 13.9. The minimum atomic E-state index is -2.64. The highest BCUT2D eigenvalue weighted by atomic mass is 16.3. The molecule has 1 aromatic carbocycles. The summed E-state index contributed by atoms with van der Waals surface area (Å²) in [4.78, 5) is 40.9. The highest BCUT2D eigenvalue weighted by Crippen LogP contribution is 2.52. The first-order valence-corrected chi connectivity index (χ1v) is 13.1. The molecule has 10 heteroatoms. The van der Waals surface area contributed by atoms with E-state index < -0.39 is 58.0 Å². The van der Waals surface area contributed by atoms with E-state index in [4.69, 9.17) is 11.5 Å². The van der Waals surface area contributed by atoms with Crippen molar-refractivity contribution < 1.29 is 34.8 Å². The summed E-state index contributed by atoms with van der Waals surface area (Å²) in [6.45, 7) is 2.12. The highest BCUT2D eigenvalue weighted by molar-refractivity contribution is 6.24. The topological polar surface area (TPSA) is 187 Å². The minimum absolute atomic E-state index is 0.00384. The third kappa shape index (κ3) is 4.02. The molecule has 0 bridgehead atoms. The van der Waals surface area contributed by atoms with Crippen LogP contribution in [0.2, 0.25) is 0 Å². The van der Waals surface area contributed by atoms with Gasteiger partial charge in [-0.15, -0.1) is 0 Å². The van der Waals surface area contributed by atoms with Gasteiger partial charge in [0, 0.05) is 23.6 Å². The molecule has 3 aliphatic rings. The number of Topliss-reactive ketones (excluding diaryl/α,β-unsaturated/α-hetero) is 2. The van der Waals surface area contributed by atoms with Crippen molar-refractivity contribution in [2.45, 2.75) is 70.1 Å². The second-order valence-corrected chi connectivity index (χ2v) is 10.9. The molecule has 0 saturated heterocycles. The Labute approximate surface area is 221 Å². The van der Waals surface area contributed by atoms with Gasteiger partial charge in [0.1, 0.15) is 22.8 Å². The summed E-state index contributed by atoms with van der Waals surface area (Å²) >= 11 is 0. The molecule has 3 aliphatic carbocycles. The molecule has 0 heterocycles. The van der Waals surface area contributed by atoms with E-state index in [1.165, 1.54) is 4.90 Å². The van der Waals surface area contributed by atoms with Crippen LogP contribution in [0.3, 0.4) is 0 Å². The molecular formula is C28H37N3O7. The summed E-state index contributed by atoms with van der Waals surface area (Å²) < 4.78 is 0. The third-order valence-electron chi connectivity index (χ3n) is 8.41. The lowest BCUT2D eigenvalue weighted by Crippen LogP contribution is -2.63. The average Bonchev–Trinajstić information content (AvgIpc) is 2.84. The predicted octanol–water partition coefficient (Wildman–Crippen LogP) is 1.70. The Kier molecular flexibility index (Phi) is 7.44. The molecular weight excluding hydrogens is 490 g/mol. The molecule has 4 atom stereocenters. The molecule has 0 saturated carbocycles. The van der Waals surface area contributed by atoms with Crippen LogP contribution in [-0.2, 0) is 29.0 Å². The number of unbranched alkanes of at least 4 members (excludes halogenated alkanes) is 3. The third-order valence-corrected chi connectivity index (χ3v) is 8.41. The van der Waals surface area contributed by atoms with Crippen molar-refractivity contribution in [2.75, 3.05) is 14.1 Å². The molecule has 1 amide bonds. The summed E-state index contributed by atoms with van der Waals surface area (Å²) in [5, 5.41) is 45.0. The molecule has 4 unspecified atom stereocenters. The number of aryl methyl sites for hydroxylation is 1. The standard InChI is InChI=1S/C28H37N3O7/c1-4-5-6-7-8-13-9-15(12-29)22(32)19-16(13)10-14-11-17-21(31(2)3)24(34)20(27(30)37)26(36)28(17,38)25(35)18(14)23(19)33/h9,14,17,21,32,34-35,38H,4-8,10-12,29H2,1-3H3,(H2,30,37). The van der Waals surface area contributed by atoms with Crippen molar-refractivity contribution in [3.63, 3.8) is 0 Å². The maximum absolute atomic E-state index is 13.9. The number of nitrogens with zero attached hydrogens (tertiary/aromatic N) is 1. The lowest BCUT2D eigenvalue weighted by molar-refractivity contribution is -0.148. The number of carbonyl (C=O) groups is 3. The number of nitrogens with two attached hydrogens (primary N) is 2. The Morgan fingerprint density at radius 2 is 1.82 bits per heavy atom. The monoisotopic (exact) mass is 527 g/mol. The van der Waals surface area contributed by atoms with Gasteiger partial charge in [0.15, 0.2) is 11.4 Å². The Bertz CT molecular complexity index is 1270. The SMILES string of the molecule is CCCCCCc1cc(CN)c(O)c2c1CC1CC3C(N(C)C)C(O)=C(C(N)=O)C(=O)C3(O)C(O)=C1C2=O. The molecule has 0 radical (unpaired) electrons. The molecule has 0 fully saturated rings. The van der Waals surface area contributed by atoms with Crippen LogP contribution in [0.1, 0.15) is 66.1 Å². The van der Waals surface area contributed by atoms with E-state index in [9.17, 15) is 34.8 Å². The van der Waals surface area contributed by atoms with Gasteiger partial charge in [0.05, 0.1) is 11.6 Å². The molecule has 206 valence electrons. The number of aromatic hydroxyl groups is 1. The van der Waals surface area contributed by atoms with Crippen LogP contribution in [0.4, 0.5) is 0 Å². The van der Waals surface area contributed by atoms with Crippen molar-refractivity contribution in [1.29, 1.82) is 0 Å². The number of amides is 1. The van der Waals surface area contributed by atoms with Crippen molar-refractivity contribution in [3.05, 3.63) is 51.0 Å². The molecule has 0 spiro atoms. The van der Waals surface area contributed by atoms with Crippen LogP contribution < -0.4 is 11.5 Å². The van der Waals surface area contributed by atoms with E-state index in [2.05, 4.69) is 6.92 Å². The molecule has 8 N–H and O–H groups in total. The number of hydrogen-bond acceptors (Lipinski definition) is 9. The second kappa shape index (κ2) is 10.2. The van der Waals surface area contributed by atoms with Crippen molar-refractivity contribution in [2.24, 2.45) is 23.3 Å². The number of benzene rings is 1. The number of fused-ring (bicyclic) bond motifs is 3. The number of likely N-dealkylation sites (N-methyl/N-ethyl adjacent to an activating group) is 1. The first kappa shape index (κ1) is 27.8. The van der Waals surface area contributed by atoms with Gasteiger partial charge in [-0.3, -0.25) is 19.3 Å². The zero-order chi connectivity index (χ0) is 28.1. The fraction of sp³-hybridized carbons (Fsp3) is 0.536. The van der Waals surface area contributed by atoms with E-state index in [0.717, 1.165) is 31.2 Å². The summed E-state index contributed by atoms with van der Waals surface area (Å²) in [5.74, 6) is -6.51. The normalized spacial score (nSPS) is 26.9. The summed E-state index contributed by atoms with van der Waals surface area (Å²) in [7, 11) is 3.21. The van der Waals surface area contributed by atoms with Gasteiger partial charge in [0.2, 0.25) is 5.78 Å². The Balaban J connectivity index is 1.89. The van der Waals surface area contributed by atoms with Crippen LogP contribution in [0.5, 0.6) is 5.75 Å². The van der Waals surface area contributed by atoms with E-state index in [1.54, 1.807) is 14.1 Å². The number of rotatable bonds is 8. The zero-order valence-electron chi connectivity index (χ0n) is 22.1. The zero-order valence-corrected chi connectivity index (χ0v) is 22.1. The smallest absolute Gasteiger partial charge is 0.255 e. The summed E-state index contributed by atoms with van der Waals surface area (Å²) in [6, 6.07) is 0.823. The molecule has 0 aromatic heterocycles. The van der Waals surface area contributed by atoms with Crippen LogP contribution >= 0.6 is 0 Å². The molecule has 1 aromatic rings. The number of allylic oxidation sites excluding steroid dienone is 1. The van der Waals surface area contributed by atoms with Gasteiger partial charge in [-0.25, -0.2) is 0 Å². The van der Waals surface area contributed by atoms with Gasteiger partial charge in [-0.2, -0.15) is 0 Å². The van der Waals surface area contributed by atoms with Gasteiger partial charge < -0.3 is 31.9 Å². The van der Waals surface area contributed by atoms with Crippen LogP contribution in [0.25, 0.3) is 0 Å². The molecule has 38 heavy (non-hydrogen) atoms. The Morgan fingerprint density at radius 1 is 1.13 bits per heavy atom. The highest BCUT2D eigenvalue weighted by Gasteiger charge is 2.63. The van der Waals surface area contributed by atoms with E-state index in [0.29, 0.717) is 17.5 Å². The predicted molar refractivity (Wildman–Crippen MR) is 139 cm³/mol. The lowest BCUT2D eigenvalue weighted by atomic mass is 9.58. The van der Waals surface area contributed by atoms with Gasteiger partial charge >= 0.3 is 0 Å². The number of carbonyl (C=O) groups excluding carboxylic acids is 3. The number of hydrogen-bond donors (Lipinski definition) is 6. The number of ketones is 2. The van der Waals surface area contributed by atoms with Gasteiger partial charge in [0.25, 0.3) is 5.91 Å². The number of phenolic OH excluding ortho intramolecular Hbond substituents is 1. The van der Waals surface area contributed by atoms with Crippen LogP contribution in [0.15, 0.2) is 28.7 Å². The largest absolute Gasteiger partial charge is 0.510 e. The number of phenols is 1. The quantitative estimate of drug-likeness (QED) is 0.216. The number of aliphatic hydroxyl groups excluding tert-OH is 2. The van der Waals surface area contributed by atoms with Crippen molar-refractivity contribution in [3.8, 4) is 5.75 Å². The van der Waals surface area contributed by atoms with Gasteiger partial charge in [-0.1, -0.05) is 32.3 Å². The van der Waals surface area contributed by atoms with Crippen LogP contribution in [-0.4, -0.2) is 68.5 Å². The van der Waals surface area contributed by atoms with Crippen molar-refractivity contribution in [1.82, 2.24) is 4.90 Å².